The first kappa shape index (κ1) is 21.5. The second kappa shape index (κ2) is 8.06. The average molecular weight is 443 g/mol. The molecule has 0 spiro atoms. The fraction of sp³-hybridized carbons (Fsp3) is 0.286. The Hall–Kier alpha value is -3.76. The Bertz CT molecular complexity index is 1290. The van der Waals surface area contributed by atoms with Gasteiger partial charge in [-0.25, -0.2) is 19.3 Å². The van der Waals surface area contributed by atoms with Gasteiger partial charge in [-0.2, -0.15) is 18.3 Å². The molecule has 0 unspecified atom stereocenters. The van der Waals surface area contributed by atoms with Crippen molar-refractivity contribution in [1.82, 2.24) is 29.5 Å². The maximum absolute atomic E-state index is 13.5. The number of hydrogen-bond acceptors (Lipinski definition) is 5. The highest BCUT2D eigenvalue weighted by Crippen LogP contribution is 2.36. The first-order valence-electron chi connectivity index (χ1n) is 9.77. The minimum absolute atomic E-state index is 0.00262. The van der Waals surface area contributed by atoms with Gasteiger partial charge in [0.1, 0.15) is 12.9 Å². The van der Waals surface area contributed by atoms with Gasteiger partial charge in [0.05, 0.1) is 23.2 Å². The van der Waals surface area contributed by atoms with E-state index in [-0.39, 0.29) is 34.9 Å². The average Bonchev–Trinajstić information content (AvgIpc) is 3.26. The summed E-state index contributed by atoms with van der Waals surface area (Å²) in [6.45, 7) is 5.07. The predicted octanol–water partition coefficient (Wildman–Crippen LogP) is 3.65. The summed E-state index contributed by atoms with van der Waals surface area (Å²) in [5, 5.41) is 10.8. The van der Waals surface area contributed by atoms with Crippen LogP contribution in [0.2, 0.25) is 0 Å². The van der Waals surface area contributed by atoms with Crippen LogP contribution >= 0.6 is 0 Å². The predicted molar refractivity (Wildman–Crippen MR) is 111 cm³/mol. The number of aromatic nitrogens is 6. The van der Waals surface area contributed by atoms with Crippen molar-refractivity contribution >= 4 is 22.9 Å². The summed E-state index contributed by atoms with van der Waals surface area (Å²) in [4.78, 5) is 20.7. The molecule has 0 aliphatic heterocycles. The van der Waals surface area contributed by atoms with Gasteiger partial charge in [0, 0.05) is 5.69 Å². The van der Waals surface area contributed by atoms with Crippen LogP contribution in [0.1, 0.15) is 28.1 Å². The molecule has 0 bridgehead atoms. The minimum atomic E-state index is -4.55. The molecule has 166 valence electrons. The van der Waals surface area contributed by atoms with E-state index in [2.05, 4.69) is 25.5 Å². The van der Waals surface area contributed by atoms with Crippen molar-refractivity contribution in [2.24, 2.45) is 0 Å². The van der Waals surface area contributed by atoms with Gasteiger partial charge in [-0.05, 0) is 32.4 Å². The molecule has 1 N–H and O–H groups in total. The lowest BCUT2D eigenvalue weighted by molar-refractivity contribution is -0.136. The van der Waals surface area contributed by atoms with Crippen LogP contribution in [0.15, 0.2) is 36.7 Å². The third-order valence-corrected chi connectivity index (χ3v) is 4.86. The van der Waals surface area contributed by atoms with Gasteiger partial charge in [0.15, 0.2) is 5.65 Å². The Morgan fingerprint density at radius 1 is 1.09 bits per heavy atom. The second-order valence-corrected chi connectivity index (χ2v) is 7.55. The van der Waals surface area contributed by atoms with Crippen LogP contribution in [0.4, 0.5) is 19.1 Å². The van der Waals surface area contributed by atoms with Gasteiger partial charge in [0.2, 0.25) is 11.9 Å². The van der Waals surface area contributed by atoms with Crippen molar-refractivity contribution < 1.29 is 18.0 Å². The van der Waals surface area contributed by atoms with E-state index in [0.29, 0.717) is 6.54 Å². The number of benzene rings is 1. The summed E-state index contributed by atoms with van der Waals surface area (Å²) >= 11 is 0. The Kier molecular flexibility index (Phi) is 5.41. The molecule has 0 fully saturated rings. The summed E-state index contributed by atoms with van der Waals surface area (Å²) in [5.74, 6) is -0.435. The molecule has 0 saturated heterocycles. The minimum Gasteiger partial charge on any atom is -0.292 e. The number of amides is 1. The van der Waals surface area contributed by atoms with E-state index in [9.17, 15) is 18.0 Å². The number of carbonyl (C=O) groups excluding carboxylic acids is 1. The summed E-state index contributed by atoms with van der Waals surface area (Å²) in [5.41, 5.74) is 1.69. The molecule has 4 aromatic rings. The summed E-state index contributed by atoms with van der Waals surface area (Å²) in [7, 11) is 0. The number of rotatable bonds is 5. The molecule has 4 rings (SSSR count). The number of nitrogens with zero attached hydrogens (tertiary/aromatic N) is 6. The molecular weight excluding hydrogens is 423 g/mol. The molecule has 32 heavy (non-hydrogen) atoms. The molecule has 0 aliphatic rings. The summed E-state index contributed by atoms with van der Waals surface area (Å²) in [6.07, 6.45) is -3.06. The summed E-state index contributed by atoms with van der Waals surface area (Å²) < 4.78 is 43.1. The highest BCUT2D eigenvalue weighted by atomic mass is 19.4. The van der Waals surface area contributed by atoms with Crippen LogP contribution < -0.4 is 5.32 Å². The number of anilines is 1. The highest BCUT2D eigenvalue weighted by Gasteiger charge is 2.35. The number of hydrogen-bond donors (Lipinski definition) is 1. The first-order chi connectivity index (χ1) is 15.1. The molecular formula is C21H20F3N7O. The third-order valence-electron chi connectivity index (χ3n) is 4.86. The number of fused-ring (bicyclic) bond motifs is 1. The molecule has 0 radical (unpaired) electrons. The van der Waals surface area contributed by atoms with Gasteiger partial charge in [-0.1, -0.05) is 29.8 Å². The van der Waals surface area contributed by atoms with Crippen LogP contribution in [0.5, 0.6) is 0 Å². The molecule has 1 aromatic carbocycles. The number of aryl methyl sites for hydroxylation is 3. The fourth-order valence-electron chi connectivity index (χ4n) is 3.42. The molecule has 1 amide bonds. The lowest BCUT2D eigenvalue weighted by atomic mass is 10.1. The molecule has 3 aromatic heterocycles. The van der Waals surface area contributed by atoms with Crippen LogP contribution in [-0.2, 0) is 24.1 Å². The van der Waals surface area contributed by atoms with Crippen molar-refractivity contribution in [2.75, 3.05) is 5.32 Å². The summed E-state index contributed by atoms with van der Waals surface area (Å²) in [6, 6.07) is 8.91. The number of halogens is 3. The maximum atomic E-state index is 13.5. The van der Waals surface area contributed by atoms with Gasteiger partial charge >= 0.3 is 6.18 Å². The van der Waals surface area contributed by atoms with Crippen LogP contribution in [0.25, 0.3) is 11.0 Å². The number of carbonyl (C=O) groups is 1. The Morgan fingerprint density at radius 2 is 1.81 bits per heavy atom. The highest BCUT2D eigenvalue weighted by molar-refractivity contribution is 5.90. The zero-order valence-corrected chi connectivity index (χ0v) is 17.6. The zero-order valence-electron chi connectivity index (χ0n) is 17.6. The van der Waals surface area contributed by atoms with Crippen molar-refractivity contribution in [3.05, 3.63) is 64.7 Å². The van der Waals surface area contributed by atoms with Gasteiger partial charge in [0.25, 0.3) is 0 Å². The molecule has 0 aliphatic carbocycles. The van der Waals surface area contributed by atoms with E-state index in [0.717, 1.165) is 21.9 Å². The Morgan fingerprint density at radius 3 is 2.50 bits per heavy atom. The standard InChI is InChI=1S/C21H20F3N7O/c1-12-4-6-15(7-5-12)9-30-11-25-20(29-30)27-17(32)10-31-19-18(14(3)28-31)16(21(22,23)24)8-13(2)26-19/h4-8,11H,9-10H2,1-3H3,(H,27,29,32). The van der Waals surface area contributed by atoms with E-state index in [1.807, 2.05) is 31.2 Å². The van der Waals surface area contributed by atoms with E-state index in [1.165, 1.54) is 20.2 Å². The molecule has 0 saturated carbocycles. The fourth-order valence-corrected chi connectivity index (χ4v) is 3.42. The Labute approximate surface area is 181 Å². The first-order valence-corrected chi connectivity index (χ1v) is 9.77. The van der Waals surface area contributed by atoms with E-state index in [4.69, 9.17) is 0 Å². The van der Waals surface area contributed by atoms with Gasteiger partial charge in [-0.15, -0.1) is 5.10 Å². The largest absolute Gasteiger partial charge is 0.417 e. The SMILES string of the molecule is Cc1ccc(Cn2cnc(NC(=O)Cn3nc(C)c4c(C(F)(F)F)cc(C)nc43)n2)cc1. The van der Waals surface area contributed by atoms with Crippen LogP contribution in [0, 0.1) is 20.8 Å². The maximum Gasteiger partial charge on any atom is 0.417 e. The number of pyridine rings is 1. The third kappa shape index (κ3) is 4.46. The van der Waals surface area contributed by atoms with Crippen LogP contribution in [0.3, 0.4) is 0 Å². The normalized spacial score (nSPS) is 11.8. The van der Waals surface area contributed by atoms with E-state index in [1.54, 1.807) is 4.68 Å². The molecule has 11 heteroatoms. The second-order valence-electron chi connectivity index (χ2n) is 7.55. The lowest BCUT2D eigenvalue weighted by Gasteiger charge is -2.10. The molecule has 8 nitrogen and oxygen atoms in total. The monoisotopic (exact) mass is 443 g/mol. The van der Waals surface area contributed by atoms with E-state index < -0.39 is 17.6 Å². The smallest absolute Gasteiger partial charge is 0.292 e. The van der Waals surface area contributed by atoms with Crippen molar-refractivity contribution in [3.63, 3.8) is 0 Å². The molecule has 3 heterocycles. The van der Waals surface area contributed by atoms with Crippen molar-refractivity contribution in [2.45, 2.75) is 40.0 Å². The number of nitrogens with one attached hydrogen (secondary N) is 1. The lowest BCUT2D eigenvalue weighted by Crippen LogP contribution is -2.21. The van der Waals surface area contributed by atoms with Gasteiger partial charge < -0.3 is 0 Å². The molecule has 0 atom stereocenters. The quantitative estimate of drug-likeness (QED) is 0.509. The van der Waals surface area contributed by atoms with E-state index >= 15 is 0 Å². The van der Waals surface area contributed by atoms with Gasteiger partial charge in [-0.3, -0.25) is 10.1 Å². The zero-order chi connectivity index (χ0) is 23.0. The van der Waals surface area contributed by atoms with Crippen LogP contribution in [-0.4, -0.2) is 35.4 Å². The van der Waals surface area contributed by atoms with Crippen molar-refractivity contribution in [3.8, 4) is 0 Å². The van der Waals surface area contributed by atoms with Crippen molar-refractivity contribution in [1.29, 1.82) is 0 Å². The number of alkyl halides is 3. The Balaban J connectivity index is 1.51. The topological polar surface area (TPSA) is 90.5 Å².